The Morgan fingerprint density at radius 3 is 2.35 bits per heavy atom. The highest BCUT2D eigenvalue weighted by atomic mass is 32.2. The van der Waals surface area contributed by atoms with Crippen molar-refractivity contribution in [3.05, 3.63) is 0 Å². The summed E-state index contributed by atoms with van der Waals surface area (Å²) in [6.07, 6.45) is 6.35. The van der Waals surface area contributed by atoms with Crippen molar-refractivity contribution < 1.29 is 13.2 Å². The summed E-state index contributed by atoms with van der Waals surface area (Å²) in [5.41, 5.74) is -0.179. The second kappa shape index (κ2) is 7.76. The molecule has 5 heteroatoms. The van der Waals surface area contributed by atoms with Gasteiger partial charge in [-0.25, -0.2) is 8.42 Å². The predicted molar refractivity (Wildman–Crippen MR) is 83.8 cm³/mol. The molecule has 1 fully saturated rings. The standard InChI is InChI=1S/C15H31NO3S/c1-5-16-14(9-12-20(4,17)18)15(19-6-2)10-7-13(3)8-11-15/h13-14,16H,5-12H2,1-4H3. The van der Waals surface area contributed by atoms with Crippen LogP contribution in [0.15, 0.2) is 0 Å². The smallest absolute Gasteiger partial charge is 0.147 e. The highest BCUT2D eigenvalue weighted by Gasteiger charge is 2.41. The zero-order valence-electron chi connectivity index (χ0n) is 13.4. The van der Waals surface area contributed by atoms with Gasteiger partial charge in [-0.05, 0) is 51.5 Å². The molecule has 4 nitrogen and oxygen atoms in total. The molecule has 1 atom stereocenters. The van der Waals surface area contributed by atoms with Crippen LogP contribution in [0.25, 0.3) is 0 Å². The summed E-state index contributed by atoms with van der Waals surface area (Å²) in [7, 11) is -2.92. The van der Waals surface area contributed by atoms with Gasteiger partial charge in [0, 0.05) is 18.9 Å². The molecule has 0 saturated heterocycles. The summed E-state index contributed by atoms with van der Waals surface area (Å²) in [5.74, 6) is 0.982. The first kappa shape index (κ1) is 17.9. The summed E-state index contributed by atoms with van der Waals surface area (Å²) in [5, 5.41) is 3.48. The van der Waals surface area contributed by atoms with Gasteiger partial charge in [0.15, 0.2) is 0 Å². The molecule has 1 N–H and O–H groups in total. The van der Waals surface area contributed by atoms with E-state index in [-0.39, 0.29) is 17.4 Å². The van der Waals surface area contributed by atoms with Crippen LogP contribution in [0, 0.1) is 5.92 Å². The minimum Gasteiger partial charge on any atom is -0.374 e. The lowest BCUT2D eigenvalue weighted by Gasteiger charge is -2.45. The average molecular weight is 305 g/mol. The van der Waals surface area contributed by atoms with Crippen LogP contribution >= 0.6 is 0 Å². The number of hydrogen-bond acceptors (Lipinski definition) is 4. The quantitative estimate of drug-likeness (QED) is 0.748. The van der Waals surface area contributed by atoms with E-state index in [1.165, 1.54) is 19.1 Å². The number of nitrogens with one attached hydrogen (secondary N) is 1. The Morgan fingerprint density at radius 2 is 1.90 bits per heavy atom. The lowest BCUT2D eigenvalue weighted by atomic mass is 9.74. The molecular weight excluding hydrogens is 274 g/mol. The summed E-state index contributed by atoms with van der Waals surface area (Å²) in [6.45, 7) is 7.92. The van der Waals surface area contributed by atoms with Crippen LogP contribution in [-0.4, -0.2) is 45.2 Å². The molecule has 1 aliphatic rings. The fraction of sp³-hybridized carbons (Fsp3) is 1.00. The highest BCUT2D eigenvalue weighted by Crippen LogP contribution is 2.38. The van der Waals surface area contributed by atoms with E-state index in [9.17, 15) is 8.42 Å². The highest BCUT2D eigenvalue weighted by molar-refractivity contribution is 7.90. The Labute approximate surface area is 124 Å². The zero-order chi connectivity index (χ0) is 15.2. The normalized spacial score (nSPS) is 29.3. The minimum atomic E-state index is -2.92. The largest absolute Gasteiger partial charge is 0.374 e. The van der Waals surface area contributed by atoms with Gasteiger partial charge in [0.1, 0.15) is 9.84 Å². The van der Waals surface area contributed by atoms with Crippen LogP contribution in [0.4, 0.5) is 0 Å². The van der Waals surface area contributed by atoms with Crippen molar-refractivity contribution in [3.8, 4) is 0 Å². The second-order valence-electron chi connectivity index (χ2n) is 6.21. The van der Waals surface area contributed by atoms with Gasteiger partial charge < -0.3 is 10.1 Å². The van der Waals surface area contributed by atoms with Crippen molar-refractivity contribution in [3.63, 3.8) is 0 Å². The molecule has 20 heavy (non-hydrogen) atoms. The van der Waals surface area contributed by atoms with Crippen molar-refractivity contribution in [2.24, 2.45) is 5.92 Å². The topological polar surface area (TPSA) is 55.4 Å². The van der Waals surface area contributed by atoms with Crippen LogP contribution in [0.5, 0.6) is 0 Å². The molecule has 0 aromatic rings. The van der Waals surface area contributed by atoms with Gasteiger partial charge in [-0.15, -0.1) is 0 Å². The molecule has 1 aliphatic carbocycles. The summed E-state index contributed by atoms with van der Waals surface area (Å²) < 4.78 is 29.1. The maximum atomic E-state index is 11.5. The SMILES string of the molecule is CCNC(CCS(C)(=O)=O)C1(OCC)CCC(C)CC1. The maximum Gasteiger partial charge on any atom is 0.147 e. The Morgan fingerprint density at radius 1 is 1.30 bits per heavy atom. The molecule has 0 spiro atoms. The van der Waals surface area contributed by atoms with Crippen LogP contribution < -0.4 is 5.32 Å². The number of likely N-dealkylation sites (N-methyl/N-ethyl adjacent to an activating group) is 1. The van der Waals surface area contributed by atoms with Crippen molar-refractivity contribution in [1.29, 1.82) is 0 Å². The molecule has 0 aromatic carbocycles. The molecular formula is C15H31NO3S. The molecule has 0 bridgehead atoms. The van der Waals surface area contributed by atoms with E-state index in [0.717, 1.165) is 25.3 Å². The fourth-order valence-electron chi connectivity index (χ4n) is 3.26. The zero-order valence-corrected chi connectivity index (χ0v) is 14.3. The lowest BCUT2D eigenvalue weighted by Crippen LogP contribution is -2.55. The van der Waals surface area contributed by atoms with E-state index in [2.05, 4.69) is 19.2 Å². The van der Waals surface area contributed by atoms with Crippen molar-refractivity contribution >= 4 is 9.84 Å². The van der Waals surface area contributed by atoms with E-state index >= 15 is 0 Å². The Hall–Kier alpha value is -0.130. The first-order valence-corrected chi connectivity index (χ1v) is 9.94. The molecule has 0 aromatic heterocycles. The van der Waals surface area contributed by atoms with Crippen molar-refractivity contribution in [2.75, 3.05) is 25.2 Å². The van der Waals surface area contributed by atoms with Gasteiger partial charge >= 0.3 is 0 Å². The Kier molecular flexibility index (Phi) is 6.95. The van der Waals surface area contributed by atoms with E-state index in [1.807, 2.05) is 6.92 Å². The van der Waals surface area contributed by atoms with Gasteiger partial charge in [0.25, 0.3) is 0 Å². The van der Waals surface area contributed by atoms with Gasteiger partial charge in [-0.1, -0.05) is 13.8 Å². The van der Waals surface area contributed by atoms with Crippen LogP contribution in [0.2, 0.25) is 0 Å². The van der Waals surface area contributed by atoms with Gasteiger partial charge in [-0.2, -0.15) is 0 Å². The van der Waals surface area contributed by atoms with E-state index in [0.29, 0.717) is 13.0 Å². The van der Waals surface area contributed by atoms with Crippen LogP contribution in [-0.2, 0) is 14.6 Å². The van der Waals surface area contributed by atoms with Crippen LogP contribution in [0.3, 0.4) is 0 Å². The third-order valence-electron chi connectivity index (χ3n) is 4.42. The monoisotopic (exact) mass is 305 g/mol. The number of hydrogen-bond donors (Lipinski definition) is 1. The van der Waals surface area contributed by atoms with Gasteiger partial charge in [-0.3, -0.25) is 0 Å². The van der Waals surface area contributed by atoms with Crippen LogP contribution in [0.1, 0.15) is 52.9 Å². The minimum absolute atomic E-state index is 0.134. The summed E-state index contributed by atoms with van der Waals surface area (Å²) >= 11 is 0. The molecule has 0 amide bonds. The molecule has 1 rings (SSSR count). The fourth-order valence-corrected chi connectivity index (χ4v) is 3.92. The van der Waals surface area contributed by atoms with E-state index in [1.54, 1.807) is 0 Å². The molecule has 0 heterocycles. The Balaban J connectivity index is 2.82. The van der Waals surface area contributed by atoms with Crippen molar-refractivity contribution in [2.45, 2.75) is 64.5 Å². The van der Waals surface area contributed by atoms with E-state index < -0.39 is 9.84 Å². The van der Waals surface area contributed by atoms with E-state index in [4.69, 9.17) is 4.74 Å². The molecule has 1 unspecified atom stereocenters. The number of rotatable bonds is 8. The first-order chi connectivity index (χ1) is 9.33. The van der Waals surface area contributed by atoms with Gasteiger partial charge in [0.2, 0.25) is 0 Å². The number of sulfone groups is 1. The molecule has 120 valence electrons. The second-order valence-corrected chi connectivity index (χ2v) is 8.47. The maximum absolute atomic E-state index is 11.5. The number of ether oxygens (including phenoxy) is 1. The average Bonchev–Trinajstić information content (AvgIpc) is 2.37. The predicted octanol–water partition coefficient (Wildman–Crippen LogP) is 2.38. The third kappa shape index (κ3) is 5.34. The van der Waals surface area contributed by atoms with Crippen molar-refractivity contribution in [1.82, 2.24) is 5.32 Å². The van der Waals surface area contributed by atoms with Gasteiger partial charge in [0.05, 0.1) is 11.4 Å². The lowest BCUT2D eigenvalue weighted by molar-refractivity contribution is -0.0964. The Bertz CT molecular complexity index is 373. The summed E-state index contributed by atoms with van der Waals surface area (Å²) in [6, 6.07) is 0.134. The molecule has 0 radical (unpaired) electrons. The molecule has 0 aliphatic heterocycles. The molecule has 1 saturated carbocycles. The third-order valence-corrected chi connectivity index (χ3v) is 5.39. The summed E-state index contributed by atoms with van der Waals surface area (Å²) in [4.78, 5) is 0. The first-order valence-electron chi connectivity index (χ1n) is 7.88.